The van der Waals surface area contributed by atoms with E-state index in [1.54, 1.807) is 6.92 Å². The van der Waals surface area contributed by atoms with Gasteiger partial charge in [-0.25, -0.2) is 0 Å². The fourth-order valence-electron chi connectivity index (χ4n) is 1.66. The molecule has 0 saturated carbocycles. The lowest BCUT2D eigenvalue weighted by Gasteiger charge is -2.29. The van der Waals surface area contributed by atoms with Crippen LogP contribution in [0.2, 0.25) is 0 Å². The molecule has 80 valence electrons. The Hall–Kier alpha value is -0.120. The van der Waals surface area contributed by atoms with Gasteiger partial charge in [-0.15, -0.1) is 0 Å². The summed E-state index contributed by atoms with van der Waals surface area (Å²) in [4.78, 5) is 0. The van der Waals surface area contributed by atoms with E-state index < -0.39 is 24.2 Å². The molecule has 0 spiro atoms. The number of hydrogen-bond acceptors (Lipinski definition) is 3. The second-order valence-corrected chi connectivity index (χ2v) is 3.65. The van der Waals surface area contributed by atoms with Crippen molar-refractivity contribution in [2.75, 3.05) is 0 Å². The van der Waals surface area contributed by atoms with Crippen molar-refractivity contribution in [3.05, 3.63) is 0 Å². The van der Waals surface area contributed by atoms with E-state index in [0.29, 0.717) is 12.8 Å². The second kappa shape index (κ2) is 6.35. The summed E-state index contributed by atoms with van der Waals surface area (Å²) in [6.07, 6.45) is 0.196. The Morgan fingerprint density at radius 2 is 1.54 bits per heavy atom. The minimum Gasteiger partial charge on any atom is -0.393 e. The third-order valence-corrected chi connectivity index (χ3v) is 2.45. The minimum absolute atomic E-state index is 0.412. The molecule has 3 heteroatoms. The first-order chi connectivity index (χ1) is 6.04. The van der Waals surface area contributed by atoms with Gasteiger partial charge < -0.3 is 15.3 Å². The van der Waals surface area contributed by atoms with Crippen molar-refractivity contribution in [1.29, 1.82) is 0 Å². The van der Waals surface area contributed by atoms with Crippen LogP contribution in [0.15, 0.2) is 0 Å². The highest BCUT2D eigenvalue weighted by Gasteiger charge is 2.29. The lowest BCUT2D eigenvalue weighted by molar-refractivity contribution is -0.0540. The summed E-state index contributed by atoms with van der Waals surface area (Å²) in [6, 6.07) is 0. The molecule has 13 heavy (non-hydrogen) atoms. The summed E-state index contributed by atoms with van der Waals surface area (Å²) in [5.41, 5.74) is 0. The molecule has 0 aliphatic rings. The van der Waals surface area contributed by atoms with Crippen LogP contribution in [0.3, 0.4) is 0 Å². The molecular weight excluding hydrogens is 168 g/mol. The van der Waals surface area contributed by atoms with Gasteiger partial charge in [-0.05, 0) is 19.8 Å². The van der Waals surface area contributed by atoms with Crippen LogP contribution in [0.5, 0.6) is 0 Å². The molecule has 0 radical (unpaired) electrons. The number of aliphatic hydroxyl groups excluding tert-OH is 3. The van der Waals surface area contributed by atoms with Crippen LogP contribution in [-0.4, -0.2) is 33.6 Å². The van der Waals surface area contributed by atoms with Crippen molar-refractivity contribution in [1.82, 2.24) is 0 Å². The number of rotatable bonds is 6. The third kappa shape index (κ3) is 4.07. The maximum Gasteiger partial charge on any atom is 0.0617 e. The van der Waals surface area contributed by atoms with E-state index in [1.165, 1.54) is 0 Å². The first-order valence-electron chi connectivity index (χ1n) is 5.08. The van der Waals surface area contributed by atoms with Gasteiger partial charge in [0.25, 0.3) is 0 Å². The summed E-state index contributed by atoms with van der Waals surface area (Å²) in [6.45, 7) is 5.43. The minimum atomic E-state index is -0.656. The predicted molar refractivity (Wildman–Crippen MR) is 52.4 cm³/mol. The Labute approximate surface area is 80.4 Å². The Morgan fingerprint density at radius 3 is 1.85 bits per heavy atom. The van der Waals surface area contributed by atoms with Crippen LogP contribution in [0, 0.1) is 5.92 Å². The summed E-state index contributed by atoms with van der Waals surface area (Å²) in [5.74, 6) is -0.412. The monoisotopic (exact) mass is 190 g/mol. The van der Waals surface area contributed by atoms with Crippen LogP contribution < -0.4 is 0 Å². The predicted octanol–water partition coefficient (Wildman–Crippen LogP) is 0.915. The highest BCUT2D eigenvalue weighted by atomic mass is 16.3. The molecule has 4 unspecified atom stereocenters. The van der Waals surface area contributed by atoms with Gasteiger partial charge in [0, 0.05) is 5.92 Å². The molecule has 0 aromatic rings. The van der Waals surface area contributed by atoms with Crippen molar-refractivity contribution < 1.29 is 15.3 Å². The molecule has 0 heterocycles. The van der Waals surface area contributed by atoms with E-state index in [2.05, 4.69) is 0 Å². The lowest BCUT2D eigenvalue weighted by Crippen LogP contribution is -2.39. The van der Waals surface area contributed by atoms with Crippen molar-refractivity contribution in [2.24, 2.45) is 5.92 Å². The van der Waals surface area contributed by atoms with Gasteiger partial charge in [0.2, 0.25) is 0 Å². The molecule has 0 fully saturated rings. The molecule has 4 atom stereocenters. The molecule has 0 bridgehead atoms. The topological polar surface area (TPSA) is 60.7 Å². The van der Waals surface area contributed by atoms with Gasteiger partial charge in [-0.2, -0.15) is 0 Å². The van der Waals surface area contributed by atoms with Gasteiger partial charge in [0.1, 0.15) is 0 Å². The van der Waals surface area contributed by atoms with E-state index in [1.807, 2.05) is 13.8 Å². The van der Waals surface area contributed by atoms with Gasteiger partial charge in [0.15, 0.2) is 0 Å². The first-order valence-corrected chi connectivity index (χ1v) is 5.08. The largest absolute Gasteiger partial charge is 0.393 e. The molecular formula is C10H22O3. The Morgan fingerprint density at radius 1 is 1.00 bits per heavy atom. The van der Waals surface area contributed by atoms with E-state index in [9.17, 15) is 15.3 Å². The van der Waals surface area contributed by atoms with Gasteiger partial charge >= 0.3 is 0 Å². The van der Waals surface area contributed by atoms with Crippen LogP contribution in [-0.2, 0) is 0 Å². The fourth-order valence-corrected chi connectivity index (χ4v) is 1.66. The average molecular weight is 190 g/mol. The second-order valence-electron chi connectivity index (χ2n) is 3.65. The third-order valence-electron chi connectivity index (χ3n) is 2.45. The van der Waals surface area contributed by atoms with E-state index >= 15 is 0 Å². The summed E-state index contributed by atoms with van der Waals surface area (Å²) in [7, 11) is 0. The molecule has 0 amide bonds. The van der Waals surface area contributed by atoms with Gasteiger partial charge in [-0.1, -0.05) is 20.3 Å². The molecule has 0 aromatic heterocycles. The van der Waals surface area contributed by atoms with E-state index in [-0.39, 0.29) is 0 Å². The zero-order valence-electron chi connectivity index (χ0n) is 8.77. The Bertz CT molecular complexity index is 125. The van der Waals surface area contributed by atoms with Crippen LogP contribution in [0.1, 0.15) is 40.0 Å². The molecule has 3 N–H and O–H groups in total. The molecule has 0 aromatic carbocycles. The van der Waals surface area contributed by atoms with Gasteiger partial charge in [0.05, 0.1) is 18.3 Å². The summed E-state index contributed by atoms with van der Waals surface area (Å²) >= 11 is 0. The Kier molecular flexibility index (Phi) is 6.29. The van der Waals surface area contributed by atoms with E-state index in [0.717, 1.165) is 6.42 Å². The highest BCUT2D eigenvalue weighted by molar-refractivity contribution is 4.79. The summed E-state index contributed by atoms with van der Waals surface area (Å²) in [5, 5.41) is 28.6. The van der Waals surface area contributed by atoms with Crippen LogP contribution >= 0.6 is 0 Å². The number of hydrogen-bond donors (Lipinski definition) is 3. The maximum absolute atomic E-state index is 9.66. The first kappa shape index (κ1) is 12.9. The summed E-state index contributed by atoms with van der Waals surface area (Å²) < 4.78 is 0. The van der Waals surface area contributed by atoms with E-state index in [4.69, 9.17) is 0 Å². The van der Waals surface area contributed by atoms with Crippen LogP contribution in [0.4, 0.5) is 0 Å². The van der Waals surface area contributed by atoms with Crippen LogP contribution in [0.25, 0.3) is 0 Å². The molecule has 3 nitrogen and oxygen atoms in total. The maximum atomic E-state index is 9.66. The van der Waals surface area contributed by atoms with Gasteiger partial charge in [-0.3, -0.25) is 0 Å². The number of aliphatic hydroxyl groups is 3. The molecule has 0 rings (SSSR count). The highest BCUT2D eigenvalue weighted by Crippen LogP contribution is 2.20. The average Bonchev–Trinajstić information content (AvgIpc) is 2.04. The fraction of sp³-hybridized carbons (Fsp3) is 1.00. The quantitative estimate of drug-likeness (QED) is 0.583. The standard InChI is InChI=1S/C10H22O3/c1-4-6-9(13)10(7(3)11)8(12)5-2/h7-13H,4-6H2,1-3H3. The Balaban J connectivity index is 4.22. The smallest absolute Gasteiger partial charge is 0.0617 e. The SMILES string of the molecule is CCCC(O)C(C(C)O)C(O)CC. The van der Waals surface area contributed by atoms with Crippen molar-refractivity contribution in [3.8, 4) is 0 Å². The van der Waals surface area contributed by atoms with Crippen molar-refractivity contribution in [2.45, 2.75) is 58.3 Å². The normalized spacial score (nSPS) is 20.8. The zero-order chi connectivity index (χ0) is 10.4. The zero-order valence-corrected chi connectivity index (χ0v) is 8.77. The lowest BCUT2D eigenvalue weighted by atomic mass is 9.87. The van der Waals surface area contributed by atoms with Crippen molar-refractivity contribution >= 4 is 0 Å². The molecule has 0 aliphatic carbocycles. The van der Waals surface area contributed by atoms with Crippen molar-refractivity contribution in [3.63, 3.8) is 0 Å². The molecule has 0 saturated heterocycles. The molecule has 0 aliphatic heterocycles.